The number of hydrogen-bond acceptors (Lipinski definition) is 1. The zero-order valence-corrected chi connectivity index (χ0v) is 17.9. The summed E-state index contributed by atoms with van der Waals surface area (Å²) >= 11 is 0. The topological polar surface area (TPSA) is 3.24 Å². The van der Waals surface area contributed by atoms with Crippen LogP contribution in [0.25, 0.3) is 10.8 Å². The van der Waals surface area contributed by atoms with Crippen molar-refractivity contribution in [3.63, 3.8) is 0 Å². The summed E-state index contributed by atoms with van der Waals surface area (Å²) in [6.45, 7) is 2.39. The first-order valence-corrected chi connectivity index (χ1v) is 11.2. The molecule has 1 aliphatic rings. The first-order valence-electron chi connectivity index (χ1n) is 11.2. The Morgan fingerprint density at radius 2 is 1.39 bits per heavy atom. The third-order valence-electron chi connectivity index (χ3n) is 6.09. The molecule has 0 spiro atoms. The van der Waals surface area contributed by atoms with Crippen molar-refractivity contribution in [1.82, 2.24) is 0 Å². The molecular formula is C30H27N. The number of fused-ring (bicyclic) bond motifs is 1. The maximum atomic E-state index is 3.33. The van der Waals surface area contributed by atoms with Crippen LogP contribution in [-0.2, 0) is 12.8 Å². The Kier molecular flexibility index (Phi) is 5.72. The summed E-state index contributed by atoms with van der Waals surface area (Å²) in [4.78, 5) is 2.49. The molecule has 0 unspecified atom stereocenters. The molecule has 5 rings (SSSR count). The van der Waals surface area contributed by atoms with Gasteiger partial charge in [-0.1, -0.05) is 78.6 Å². The zero-order valence-electron chi connectivity index (χ0n) is 17.9. The second-order valence-corrected chi connectivity index (χ2v) is 8.40. The molecule has 0 N–H and O–H groups in total. The average Bonchev–Trinajstić information content (AvgIpc) is 3.35. The van der Waals surface area contributed by atoms with Gasteiger partial charge in [-0.3, -0.25) is 0 Å². The molecule has 152 valence electrons. The highest BCUT2D eigenvalue weighted by molar-refractivity contribution is 5.84. The molecule has 1 heterocycles. The second-order valence-electron chi connectivity index (χ2n) is 8.40. The van der Waals surface area contributed by atoms with Crippen LogP contribution in [0.1, 0.15) is 35.1 Å². The van der Waals surface area contributed by atoms with Crippen molar-refractivity contribution in [2.45, 2.75) is 25.7 Å². The number of rotatable bonds is 4. The summed E-state index contributed by atoms with van der Waals surface area (Å²) in [5.74, 6) is 6.64. The molecular weight excluding hydrogens is 374 g/mol. The predicted octanol–water partition coefficient (Wildman–Crippen LogP) is 6.63. The van der Waals surface area contributed by atoms with Gasteiger partial charge in [0.05, 0.1) is 0 Å². The Balaban J connectivity index is 1.31. The van der Waals surface area contributed by atoms with Crippen LogP contribution in [0, 0.1) is 11.8 Å². The quantitative estimate of drug-likeness (QED) is 0.347. The smallest absolute Gasteiger partial charge is 0.0366 e. The van der Waals surface area contributed by atoms with Crippen LogP contribution in [0.3, 0.4) is 0 Å². The number of hydrogen-bond donors (Lipinski definition) is 0. The normalized spacial score (nSPS) is 13.2. The van der Waals surface area contributed by atoms with Gasteiger partial charge in [-0.15, -0.1) is 0 Å². The van der Waals surface area contributed by atoms with Gasteiger partial charge in [0.2, 0.25) is 0 Å². The lowest BCUT2D eigenvalue weighted by molar-refractivity contribution is 0.949. The highest BCUT2D eigenvalue weighted by atomic mass is 15.1. The van der Waals surface area contributed by atoms with E-state index in [2.05, 4.69) is 102 Å². The second kappa shape index (κ2) is 9.11. The van der Waals surface area contributed by atoms with Crippen LogP contribution >= 0.6 is 0 Å². The van der Waals surface area contributed by atoms with Crippen molar-refractivity contribution in [3.8, 4) is 11.8 Å². The summed E-state index contributed by atoms with van der Waals surface area (Å²) in [5.41, 5.74) is 6.40. The van der Waals surface area contributed by atoms with E-state index in [0.29, 0.717) is 0 Å². The molecule has 4 aromatic rings. The zero-order chi connectivity index (χ0) is 20.9. The van der Waals surface area contributed by atoms with Crippen molar-refractivity contribution in [2.24, 2.45) is 0 Å². The molecule has 0 saturated carbocycles. The molecule has 0 atom stereocenters. The fraction of sp³-hybridized carbons (Fsp3) is 0.200. The van der Waals surface area contributed by atoms with Crippen molar-refractivity contribution >= 4 is 16.5 Å². The lowest BCUT2D eigenvalue weighted by atomic mass is 9.99. The summed E-state index contributed by atoms with van der Waals surface area (Å²) in [7, 11) is 0. The van der Waals surface area contributed by atoms with E-state index in [-0.39, 0.29) is 0 Å². The molecule has 1 fully saturated rings. The Morgan fingerprint density at radius 3 is 2.19 bits per heavy atom. The van der Waals surface area contributed by atoms with Gasteiger partial charge in [0, 0.05) is 30.8 Å². The van der Waals surface area contributed by atoms with E-state index in [1.54, 1.807) is 0 Å². The maximum absolute atomic E-state index is 3.33. The minimum atomic E-state index is 0.784. The van der Waals surface area contributed by atoms with Crippen molar-refractivity contribution < 1.29 is 0 Å². The fourth-order valence-corrected chi connectivity index (χ4v) is 4.36. The van der Waals surface area contributed by atoms with Crippen molar-refractivity contribution in [2.75, 3.05) is 18.0 Å². The number of benzene rings is 4. The van der Waals surface area contributed by atoms with E-state index >= 15 is 0 Å². The van der Waals surface area contributed by atoms with Gasteiger partial charge >= 0.3 is 0 Å². The molecule has 0 aliphatic carbocycles. The Morgan fingerprint density at radius 1 is 0.645 bits per heavy atom. The standard InChI is InChI=1S/C30H27N/c1-2-7-24(8-3-1)9-6-10-25-11-15-28-16-12-27(23-29(28)22-25)21-26-13-17-30(18-14-26)31-19-4-5-20-31/h1-3,7-8,11-18,22-23H,4-5,9,19-21H2. The van der Waals surface area contributed by atoms with Gasteiger partial charge in [-0.25, -0.2) is 0 Å². The van der Waals surface area contributed by atoms with E-state index in [1.807, 2.05) is 6.07 Å². The fourth-order valence-electron chi connectivity index (χ4n) is 4.36. The highest BCUT2D eigenvalue weighted by Gasteiger charge is 2.11. The Hall–Kier alpha value is -3.50. The molecule has 0 radical (unpaired) electrons. The van der Waals surface area contributed by atoms with Crippen molar-refractivity contribution in [1.29, 1.82) is 0 Å². The predicted molar refractivity (Wildman–Crippen MR) is 132 cm³/mol. The minimum absolute atomic E-state index is 0.784. The molecule has 0 aromatic heterocycles. The van der Waals surface area contributed by atoms with Crippen LogP contribution in [0.15, 0.2) is 91.0 Å². The molecule has 0 bridgehead atoms. The van der Waals surface area contributed by atoms with Gasteiger partial charge in [0.25, 0.3) is 0 Å². The van der Waals surface area contributed by atoms with Crippen LogP contribution < -0.4 is 4.90 Å². The maximum Gasteiger partial charge on any atom is 0.0366 e. The summed E-state index contributed by atoms with van der Waals surface area (Å²) < 4.78 is 0. The van der Waals surface area contributed by atoms with E-state index in [1.165, 1.54) is 59.1 Å². The van der Waals surface area contributed by atoms with E-state index in [4.69, 9.17) is 0 Å². The van der Waals surface area contributed by atoms with Gasteiger partial charge in [-0.05, 0) is 71.0 Å². The third kappa shape index (κ3) is 4.81. The van der Waals surface area contributed by atoms with Crippen molar-refractivity contribution in [3.05, 3.63) is 113 Å². The van der Waals surface area contributed by atoms with Gasteiger partial charge in [0.15, 0.2) is 0 Å². The minimum Gasteiger partial charge on any atom is -0.372 e. The molecule has 1 heteroatoms. The molecule has 1 saturated heterocycles. The molecule has 4 aromatic carbocycles. The monoisotopic (exact) mass is 401 g/mol. The first kappa shape index (κ1) is 19.5. The van der Waals surface area contributed by atoms with Gasteiger partial charge in [-0.2, -0.15) is 0 Å². The Bertz CT molecular complexity index is 1220. The van der Waals surface area contributed by atoms with Gasteiger partial charge in [0.1, 0.15) is 0 Å². The largest absolute Gasteiger partial charge is 0.372 e. The molecule has 0 amide bonds. The molecule has 31 heavy (non-hydrogen) atoms. The lowest BCUT2D eigenvalue weighted by Gasteiger charge is -2.17. The molecule has 1 aliphatic heterocycles. The van der Waals surface area contributed by atoms with Crippen LogP contribution in [0.2, 0.25) is 0 Å². The molecule has 1 nitrogen and oxygen atoms in total. The van der Waals surface area contributed by atoms with E-state index < -0.39 is 0 Å². The summed E-state index contributed by atoms with van der Waals surface area (Å²) in [5, 5.41) is 2.53. The van der Waals surface area contributed by atoms with Gasteiger partial charge < -0.3 is 4.90 Å². The average molecular weight is 402 g/mol. The number of nitrogens with zero attached hydrogens (tertiary/aromatic N) is 1. The van der Waals surface area contributed by atoms with Crippen LogP contribution in [0.5, 0.6) is 0 Å². The van der Waals surface area contributed by atoms with Crippen LogP contribution in [0.4, 0.5) is 5.69 Å². The summed E-state index contributed by atoms with van der Waals surface area (Å²) in [6, 6.07) is 32.8. The third-order valence-corrected chi connectivity index (χ3v) is 6.09. The van der Waals surface area contributed by atoms with Crippen LogP contribution in [-0.4, -0.2) is 13.1 Å². The highest BCUT2D eigenvalue weighted by Crippen LogP contribution is 2.23. The number of anilines is 1. The first-order chi connectivity index (χ1) is 15.3. The summed E-state index contributed by atoms with van der Waals surface area (Å²) in [6.07, 6.45) is 4.38. The van der Waals surface area contributed by atoms with E-state index in [0.717, 1.165) is 18.4 Å². The van der Waals surface area contributed by atoms with E-state index in [9.17, 15) is 0 Å². The lowest BCUT2D eigenvalue weighted by Crippen LogP contribution is -2.17. The Labute approximate surface area is 185 Å². The SMILES string of the molecule is C(#Cc1ccc2ccc(Cc3ccc(N4CCCC4)cc3)cc2c1)Cc1ccccc1.